The van der Waals surface area contributed by atoms with E-state index >= 15 is 0 Å². The molecule has 0 atom stereocenters. The molecule has 0 fully saturated rings. The second kappa shape index (κ2) is 7.07. The Morgan fingerprint density at radius 1 is 1.50 bits per heavy atom. The SMILES string of the molecule is CCNC(=O)NC(=O)CN(C)Cc1csc(C)n1. The maximum absolute atomic E-state index is 11.5. The minimum Gasteiger partial charge on any atom is -0.338 e. The van der Waals surface area contributed by atoms with Gasteiger partial charge in [-0.05, 0) is 20.9 Å². The first-order chi connectivity index (χ1) is 8.51. The molecule has 100 valence electrons. The molecule has 18 heavy (non-hydrogen) atoms. The standard InChI is InChI=1S/C11H18N4O2S/c1-4-12-11(17)14-10(16)6-15(3)5-9-7-18-8(2)13-9/h7H,4-6H2,1-3H3,(H2,12,14,16,17). The molecule has 0 aliphatic rings. The summed E-state index contributed by atoms with van der Waals surface area (Å²) in [5, 5.41) is 7.73. The zero-order valence-corrected chi connectivity index (χ0v) is 11.6. The number of aromatic nitrogens is 1. The van der Waals surface area contributed by atoms with Crippen LogP contribution in [0.5, 0.6) is 0 Å². The van der Waals surface area contributed by atoms with Gasteiger partial charge in [-0.25, -0.2) is 9.78 Å². The summed E-state index contributed by atoms with van der Waals surface area (Å²) in [4.78, 5) is 28.7. The summed E-state index contributed by atoms with van der Waals surface area (Å²) < 4.78 is 0. The number of rotatable bonds is 5. The van der Waals surface area contributed by atoms with Crippen molar-refractivity contribution in [2.75, 3.05) is 20.1 Å². The van der Waals surface area contributed by atoms with E-state index in [1.54, 1.807) is 18.3 Å². The van der Waals surface area contributed by atoms with Crippen LogP contribution in [0.3, 0.4) is 0 Å². The minimum atomic E-state index is -0.458. The summed E-state index contributed by atoms with van der Waals surface area (Å²) in [6, 6.07) is -0.458. The van der Waals surface area contributed by atoms with Crippen LogP contribution in [-0.4, -0.2) is 42.0 Å². The molecule has 0 radical (unpaired) electrons. The van der Waals surface area contributed by atoms with Crippen LogP contribution in [0, 0.1) is 6.92 Å². The molecule has 0 saturated heterocycles. The lowest BCUT2D eigenvalue weighted by Gasteiger charge is -2.14. The van der Waals surface area contributed by atoms with E-state index in [9.17, 15) is 9.59 Å². The molecule has 0 saturated carbocycles. The molecule has 1 aromatic rings. The number of hydrogen-bond donors (Lipinski definition) is 2. The Morgan fingerprint density at radius 2 is 2.22 bits per heavy atom. The molecule has 1 heterocycles. The van der Waals surface area contributed by atoms with E-state index in [4.69, 9.17) is 0 Å². The van der Waals surface area contributed by atoms with E-state index in [1.807, 2.05) is 24.3 Å². The highest BCUT2D eigenvalue weighted by atomic mass is 32.1. The lowest BCUT2D eigenvalue weighted by Crippen LogP contribution is -2.43. The number of aryl methyl sites for hydroxylation is 1. The average Bonchev–Trinajstić information content (AvgIpc) is 2.63. The number of likely N-dealkylation sites (N-methyl/N-ethyl adjacent to an activating group) is 1. The first kappa shape index (κ1) is 14.6. The van der Waals surface area contributed by atoms with E-state index in [1.165, 1.54) is 0 Å². The molecule has 0 aliphatic heterocycles. The van der Waals surface area contributed by atoms with Crippen molar-refractivity contribution >= 4 is 23.3 Å². The Morgan fingerprint density at radius 3 is 2.78 bits per heavy atom. The van der Waals surface area contributed by atoms with E-state index in [0.29, 0.717) is 13.1 Å². The van der Waals surface area contributed by atoms with Gasteiger partial charge in [0, 0.05) is 18.5 Å². The second-order valence-corrected chi connectivity index (χ2v) is 5.00. The van der Waals surface area contributed by atoms with E-state index in [2.05, 4.69) is 15.6 Å². The molecule has 7 heteroatoms. The number of nitrogens with zero attached hydrogens (tertiary/aromatic N) is 2. The highest BCUT2D eigenvalue weighted by Gasteiger charge is 2.11. The van der Waals surface area contributed by atoms with Gasteiger partial charge in [-0.15, -0.1) is 11.3 Å². The number of nitrogens with one attached hydrogen (secondary N) is 2. The van der Waals surface area contributed by atoms with Crippen molar-refractivity contribution < 1.29 is 9.59 Å². The largest absolute Gasteiger partial charge is 0.338 e. The van der Waals surface area contributed by atoms with Gasteiger partial charge in [-0.3, -0.25) is 15.0 Å². The summed E-state index contributed by atoms with van der Waals surface area (Å²) in [7, 11) is 1.81. The highest BCUT2D eigenvalue weighted by Crippen LogP contribution is 2.09. The minimum absolute atomic E-state index is 0.160. The van der Waals surface area contributed by atoms with Crippen LogP contribution in [0.25, 0.3) is 0 Å². The van der Waals surface area contributed by atoms with E-state index in [-0.39, 0.29) is 12.5 Å². The zero-order valence-electron chi connectivity index (χ0n) is 10.8. The van der Waals surface area contributed by atoms with Crippen LogP contribution in [0.2, 0.25) is 0 Å². The first-order valence-electron chi connectivity index (χ1n) is 5.68. The number of imide groups is 1. The molecule has 0 aliphatic carbocycles. The Bertz CT molecular complexity index is 419. The van der Waals surface area contributed by atoms with Gasteiger partial charge in [0.05, 0.1) is 17.2 Å². The number of carbonyl (C=O) groups excluding carboxylic acids is 2. The Balaban J connectivity index is 2.33. The van der Waals surface area contributed by atoms with Gasteiger partial charge >= 0.3 is 6.03 Å². The topological polar surface area (TPSA) is 74.3 Å². The fourth-order valence-electron chi connectivity index (χ4n) is 1.43. The number of carbonyl (C=O) groups is 2. The lowest BCUT2D eigenvalue weighted by atomic mass is 10.4. The Labute approximate surface area is 110 Å². The molecule has 2 N–H and O–H groups in total. The fraction of sp³-hybridized carbons (Fsp3) is 0.545. The summed E-state index contributed by atoms with van der Waals surface area (Å²) in [6.07, 6.45) is 0. The van der Waals surface area contributed by atoms with Gasteiger partial charge in [-0.2, -0.15) is 0 Å². The molecule has 0 spiro atoms. The first-order valence-corrected chi connectivity index (χ1v) is 6.56. The maximum Gasteiger partial charge on any atom is 0.321 e. The molecule has 0 unspecified atom stereocenters. The number of urea groups is 1. The average molecular weight is 270 g/mol. The van der Waals surface area contributed by atoms with E-state index in [0.717, 1.165) is 10.7 Å². The van der Waals surface area contributed by atoms with Gasteiger partial charge < -0.3 is 5.32 Å². The van der Waals surface area contributed by atoms with Crippen molar-refractivity contribution in [2.45, 2.75) is 20.4 Å². The van der Waals surface area contributed by atoms with Crippen LogP contribution in [0.4, 0.5) is 4.79 Å². The van der Waals surface area contributed by atoms with Crippen molar-refractivity contribution in [3.05, 3.63) is 16.1 Å². The second-order valence-electron chi connectivity index (χ2n) is 3.94. The van der Waals surface area contributed by atoms with Gasteiger partial charge in [-0.1, -0.05) is 0 Å². The molecule has 3 amide bonds. The molecular formula is C11H18N4O2S. The molecule has 0 bridgehead atoms. The molecule has 1 rings (SSSR count). The van der Waals surface area contributed by atoms with Crippen molar-refractivity contribution in [2.24, 2.45) is 0 Å². The number of amides is 3. The van der Waals surface area contributed by atoms with Gasteiger partial charge in [0.15, 0.2) is 0 Å². The monoisotopic (exact) mass is 270 g/mol. The predicted molar refractivity (Wildman–Crippen MR) is 70.4 cm³/mol. The molecule has 0 aromatic carbocycles. The summed E-state index contributed by atoms with van der Waals surface area (Å²) >= 11 is 1.58. The normalized spacial score (nSPS) is 10.4. The van der Waals surface area contributed by atoms with Crippen LogP contribution in [0.1, 0.15) is 17.6 Å². The van der Waals surface area contributed by atoms with Crippen molar-refractivity contribution in [3.63, 3.8) is 0 Å². The molecular weight excluding hydrogens is 252 g/mol. The number of thiazole rings is 1. The van der Waals surface area contributed by atoms with Gasteiger partial charge in [0.25, 0.3) is 0 Å². The summed E-state index contributed by atoms with van der Waals surface area (Å²) in [5.41, 5.74) is 0.936. The van der Waals surface area contributed by atoms with Gasteiger partial charge in [0.1, 0.15) is 0 Å². The third-order valence-electron chi connectivity index (χ3n) is 2.10. The molecule has 1 aromatic heterocycles. The van der Waals surface area contributed by atoms with Crippen molar-refractivity contribution in [1.29, 1.82) is 0 Å². The van der Waals surface area contributed by atoms with E-state index < -0.39 is 6.03 Å². The third kappa shape index (κ3) is 5.24. The van der Waals surface area contributed by atoms with Crippen LogP contribution >= 0.6 is 11.3 Å². The summed E-state index contributed by atoms with van der Waals surface area (Å²) in [5.74, 6) is -0.324. The number of hydrogen-bond acceptors (Lipinski definition) is 5. The summed E-state index contributed by atoms with van der Waals surface area (Å²) in [6.45, 7) is 4.98. The fourth-order valence-corrected chi connectivity index (χ4v) is 2.03. The van der Waals surface area contributed by atoms with Crippen LogP contribution in [0.15, 0.2) is 5.38 Å². The Kier molecular flexibility index (Phi) is 5.73. The van der Waals surface area contributed by atoms with Crippen LogP contribution < -0.4 is 10.6 Å². The smallest absolute Gasteiger partial charge is 0.321 e. The molecule has 6 nitrogen and oxygen atoms in total. The zero-order chi connectivity index (χ0) is 13.5. The Hall–Kier alpha value is -1.47. The predicted octanol–water partition coefficient (Wildman–Crippen LogP) is 0.729. The maximum atomic E-state index is 11.5. The van der Waals surface area contributed by atoms with Crippen molar-refractivity contribution in [1.82, 2.24) is 20.5 Å². The van der Waals surface area contributed by atoms with Gasteiger partial charge in [0.2, 0.25) is 5.91 Å². The van der Waals surface area contributed by atoms with Crippen LogP contribution in [-0.2, 0) is 11.3 Å². The quantitative estimate of drug-likeness (QED) is 0.827. The lowest BCUT2D eigenvalue weighted by molar-refractivity contribution is -0.120. The third-order valence-corrected chi connectivity index (χ3v) is 2.92. The highest BCUT2D eigenvalue weighted by molar-refractivity contribution is 7.09. The van der Waals surface area contributed by atoms with Crippen molar-refractivity contribution in [3.8, 4) is 0 Å².